The number of hydrogen-bond acceptors (Lipinski definition) is 0. The molecule has 0 saturated heterocycles. The van der Waals surface area contributed by atoms with Gasteiger partial charge in [0.1, 0.15) is 0 Å². The first-order chi connectivity index (χ1) is 19.4. The maximum atomic E-state index is 6.47. The molecule has 41 heavy (non-hydrogen) atoms. The van der Waals surface area contributed by atoms with Crippen molar-refractivity contribution in [3.8, 4) is 27.9 Å². The Balaban J connectivity index is 1.61. The van der Waals surface area contributed by atoms with E-state index >= 15 is 0 Å². The third-order valence-corrected chi connectivity index (χ3v) is 8.50. The molecule has 0 aliphatic carbocycles. The zero-order valence-corrected chi connectivity index (χ0v) is 26.0. The zero-order valence-electron chi connectivity index (χ0n) is 24.5. The second-order valence-electron chi connectivity index (χ2n) is 13.1. The summed E-state index contributed by atoms with van der Waals surface area (Å²) in [6, 6.07) is 37.1. The Morgan fingerprint density at radius 1 is 0.439 bits per heavy atom. The van der Waals surface area contributed by atoms with Gasteiger partial charge in [0.15, 0.2) is 0 Å². The molecule has 0 N–H and O–H groups in total. The average molecular weight is 577 g/mol. The Hall–Kier alpha value is -3.52. The van der Waals surface area contributed by atoms with Gasteiger partial charge in [-0.1, -0.05) is 113 Å². The van der Waals surface area contributed by atoms with Crippen molar-refractivity contribution in [2.45, 2.75) is 52.4 Å². The van der Waals surface area contributed by atoms with Crippen LogP contribution in [0.1, 0.15) is 52.7 Å². The summed E-state index contributed by atoms with van der Waals surface area (Å²) in [6.07, 6.45) is 0. The van der Waals surface area contributed by atoms with E-state index in [1.54, 1.807) is 0 Å². The van der Waals surface area contributed by atoms with Gasteiger partial charge in [-0.15, -0.1) is 0 Å². The molecule has 0 fully saturated rings. The molecule has 0 atom stereocenters. The van der Waals surface area contributed by atoms with Gasteiger partial charge in [0.25, 0.3) is 0 Å². The van der Waals surface area contributed by atoms with Crippen molar-refractivity contribution < 1.29 is 0 Å². The molecule has 0 radical (unpaired) electrons. The molecule has 0 spiro atoms. The van der Waals surface area contributed by atoms with Crippen molar-refractivity contribution >= 4 is 45.0 Å². The van der Waals surface area contributed by atoms with Crippen LogP contribution in [0.4, 0.5) is 0 Å². The Morgan fingerprint density at radius 3 is 1.20 bits per heavy atom. The number of halogens is 2. The van der Waals surface area contributed by atoms with Crippen LogP contribution in [-0.4, -0.2) is 4.57 Å². The predicted molar refractivity (Wildman–Crippen MR) is 179 cm³/mol. The quantitative estimate of drug-likeness (QED) is 0.197. The molecule has 0 amide bonds. The largest absolute Gasteiger partial charge is 0.309 e. The highest BCUT2D eigenvalue weighted by Gasteiger charge is 2.18. The van der Waals surface area contributed by atoms with Gasteiger partial charge in [-0.3, -0.25) is 0 Å². The molecule has 0 bridgehead atoms. The molecule has 206 valence electrons. The van der Waals surface area contributed by atoms with Crippen molar-refractivity contribution in [3.63, 3.8) is 0 Å². The Kier molecular flexibility index (Phi) is 6.80. The van der Waals surface area contributed by atoms with Gasteiger partial charge < -0.3 is 4.57 Å². The van der Waals surface area contributed by atoms with Crippen molar-refractivity contribution in [1.29, 1.82) is 0 Å². The summed E-state index contributed by atoms with van der Waals surface area (Å²) >= 11 is 12.9. The summed E-state index contributed by atoms with van der Waals surface area (Å²) in [5.41, 5.74) is 10.9. The number of rotatable bonds is 3. The minimum Gasteiger partial charge on any atom is -0.309 e. The third-order valence-electron chi connectivity index (χ3n) is 8.03. The van der Waals surface area contributed by atoms with Gasteiger partial charge in [-0.25, -0.2) is 0 Å². The highest BCUT2D eigenvalue weighted by atomic mass is 35.5. The second kappa shape index (κ2) is 10.1. The molecule has 1 aromatic heterocycles. The van der Waals surface area contributed by atoms with E-state index in [0.717, 1.165) is 27.5 Å². The SMILES string of the molecule is CC(C)(C)c1ccc(-c2cc(-c3ccc(C(C)(C)C)cc3)cc(-n3c4ccc(Cl)cc4c4cc(Cl)ccc43)c2)cc1. The molecule has 3 heteroatoms. The fraction of sp³-hybridized carbons (Fsp3) is 0.211. The molecular formula is C38H35Cl2N. The van der Waals surface area contributed by atoms with Crippen molar-refractivity contribution in [1.82, 2.24) is 4.57 Å². The summed E-state index contributed by atoms with van der Waals surface area (Å²) in [6.45, 7) is 13.5. The first-order valence-electron chi connectivity index (χ1n) is 14.1. The van der Waals surface area contributed by atoms with E-state index in [-0.39, 0.29) is 10.8 Å². The van der Waals surface area contributed by atoms with E-state index in [1.807, 2.05) is 24.3 Å². The zero-order chi connectivity index (χ0) is 29.1. The van der Waals surface area contributed by atoms with E-state index < -0.39 is 0 Å². The third kappa shape index (κ3) is 5.30. The normalized spacial score (nSPS) is 12.4. The van der Waals surface area contributed by atoms with E-state index in [4.69, 9.17) is 23.2 Å². The van der Waals surface area contributed by atoms with Crippen LogP contribution in [0.2, 0.25) is 10.0 Å². The molecule has 1 heterocycles. The van der Waals surface area contributed by atoms with Crippen LogP contribution >= 0.6 is 23.2 Å². The second-order valence-corrected chi connectivity index (χ2v) is 14.0. The summed E-state index contributed by atoms with van der Waals surface area (Å²) in [5, 5.41) is 3.60. The smallest absolute Gasteiger partial charge is 0.0542 e. The van der Waals surface area contributed by atoms with E-state index in [0.29, 0.717) is 10.0 Å². The summed E-state index contributed by atoms with van der Waals surface area (Å²) in [5.74, 6) is 0. The van der Waals surface area contributed by atoms with Gasteiger partial charge in [-0.2, -0.15) is 0 Å². The van der Waals surface area contributed by atoms with Crippen LogP contribution in [0.5, 0.6) is 0 Å². The lowest BCUT2D eigenvalue weighted by atomic mass is 9.85. The van der Waals surface area contributed by atoms with Crippen molar-refractivity contribution in [2.75, 3.05) is 0 Å². The monoisotopic (exact) mass is 575 g/mol. The highest BCUT2D eigenvalue weighted by Crippen LogP contribution is 2.38. The fourth-order valence-corrected chi connectivity index (χ4v) is 5.99. The maximum absolute atomic E-state index is 6.47. The Morgan fingerprint density at radius 2 is 0.829 bits per heavy atom. The van der Waals surface area contributed by atoms with Crippen molar-refractivity contribution in [3.05, 3.63) is 124 Å². The summed E-state index contributed by atoms with van der Waals surface area (Å²) in [4.78, 5) is 0. The molecular weight excluding hydrogens is 541 g/mol. The van der Waals surface area contributed by atoms with Gasteiger partial charge in [0.05, 0.1) is 11.0 Å². The molecule has 0 aliphatic heterocycles. The van der Waals surface area contributed by atoms with E-state index in [9.17, 15) is 0 Å². The van der Waals surface area contributed by atoms with Crippen LogP contribution in [0, 0.1) is 0 Å². The Labute approximate surface area is 253 Å². The predicted octanol–water partition coefficient (Wildman–Crippen LogP) is 12.0. The molecule has 0 unspecified atom stereocenters. The average Bonchev–Trinajstić information content (AvgIpc) is 3.24. The fourth-order valence-electron chi connectivity index (χ4n) is 5.64. The standard InChI is InChI=1S/C38H35Cl2N/c1-37(2,3)28-11-7-24(8-12-28)26-19-27(25-9-13-29(14-10-25)38(4,5)6)21-32(20-26)41-35-17-15-30(39)22-33(35)34-23-31(40)16-18-36(34)41/h7-23H,1-6H3. The van der Waals surface area contributed by atoms with Crippen LogP contribution in [0.25, 0.3) is 49.7 Å². The van der Waals surface area contributed by atoms with E-state index in [2.05, 4.69) is 125 Å². The van der Waals surface area contributed by atoms with Crippen LogP contribution in [-0.2, 0) is 10.8 Å². The summed E-state index contributed by atoms with van der Waals surface area (Å²) < 4.78 is 2.33. The topological polar surface area (TPSA) is 4.93 Å². The Bertz CT molecular complexity index is 1760. The van der Waals surface area contributed by atoms with Gasteiger partial charge in [0.2, 0.25) is 0 Å². The maximum Gasteiger partial charge on any atom is 0.0542 e. The number of aromatic nitrogens is 1. The van der Waals surface area contributed by atoms with Gasteiger partial charge in [-0.05, 0) is 98.8 Å². The lowest BCUT2D eigenvalue weighted by molar-refractivity contribution is 0.590. The van der Waals surface area contributed by atoms with Crippen LogP contribution in [0.3, 0.4) is 0 Å². The minimum absolute atomic E-state index is 0.103. The molecule has 0 saturated carbocycles. The number of nitrogens with zero attached hydrogens (tertiary/aromatic N) is 1. The lowest BCUT2D eigenvalue weighted by Crippen LogP contribution is -2.10. The number of hydrogen-bond donors (Lipinski definition) is 0. The van der Waals surface area contributed by atoms with Gasteiger partial charge in [0, 0.05) is 26.5 Å². The molecule has 6 aromatic rings. The molecule has 6 rings (SSSR count). The highest BCUT2D eigenvalue weighted by molar-refractivity contribution is 6.33. The lowest BCUT2D eigenvalue weighted by Gasteiger charge is -2.20. The van der Waals surface area contributed by atoms with Crippen LogP contribution < -0.4 is 0 Å². The van der Waals surface area contributed by atoms with Gasteiger partial charge >= 0.3 is 0 Å². The molecule has 1 nitrogen and oxygen atoms in total. The number of fused-ring (bicyclic) bond motifs is 3. The number of benzene rings is 5. The van der Waals surface area contributed by atoms with E-state index in [1.165, 1.54) is 33.4 Å². The minimum atomic E-state index is 0.103. The first kappa shape index (κ1) is 27.6. The molecule has 5 aromatic carbocycles. The summed E-state index contributed by atoms with van der Waals surface area (Å²) in [7, 11) is 0. The van der Waals surface area contributed by atoms with Crippen molar-refractivity contribution in [2.24, 2.45) is 0 Å². The van der Waals surface area contributed by atoms with Crippen LogP contribution in [0.15, 0.2) is 103 Å². The molecule has 0 aliphatic rings. The first-order valence-corrected chi connectivity index (χ1v) is 14.9.